The summed E-state index contributed by atoms with van der Waals surface area (Å²) in [5, 5.41) is 0.673. The van der Waals surface area contributed by atoms with Crippen molar-refractivity contribution in [2.75, 3.05) is 4.72 Å². The Hall–Kier alpha value is -2.74. The third-order valence-corrected chi connectivity index (χ3v) is 6.43. The zero-order valence-corrected chi connectivity index (χ0v) is 16.8. The first-order valence-electron chi connectivity index (χ1n) is 8.46. The molecule has 7 nitrogen and oxygen atoms in total. The Kier molecular flexibility index (Phi) is 4.55. The molecule has 3 aromatic rings. The van der Waals surface area contributed by atoms with Crippen LogP contribution < -0.4 is 10.3 Å². The number of fused-ring (bicyclic) bond motifs is 1. The molecule has 3 heterocycles. The smallest absolute Gasteiger partial charge is 0.276 e. The summed E-state index contributed by atoms with van der Waals surface area (Å²) in [7, 11) is -1.95. The summed E-state index contributed by atoms with van der Waals surface area (Å²) in [6.45, 7) is 6.75. The largest absolute Gasteiger partial charge is 0.316 e. The molecule has 0 unspecified atom stereocenters. The molecular weight excluding hydrogens is 364 g/mol. The van der Waals surface area contributed by atoms with Gasteiger partial charge in [0.2, 0.25) is 10.0 Å². The molecule has 0 bridgehead atoms. The molecule has 0 fully saturated rings. The molecule has 0 atom stereocenters. The quantitative estimate of drug-likeness (QED) is 0.744. The fourth-order valence-corrected chi connectivity index (χ4v) is 3.31. The Labute approximate surface area is 159 Å². The molecule has 1 N–H and O–H groups in total. The van der Waals surface area contributed by atoms with E-state index in [1.807, 2.05) is 13.0 Å². The molecule has 0 aliphatic carbocycles. The lowest BCUT2D eigenvalue weighted by molar-refractivity contribution is 0.566. The fourth-order valence-electron chi connectivity index (χ4n) is 2.62. The second kappa shape index (κ2) is 6.45. The van der Waals surface area contributed by atoms with Gasteiger partial charge in [-0.05, 0) is 45.4 Å². The summed E-state index contributed by atoms with van der Waals surface area (Å²) in [4.78, 5) is 21.1. The first-order valence-corrected chi connectivity index (χ1v) is 9.94. The Morgan fingerprint density at radius 3 is 2.56 bits per heavy atom. The van der Waals surface area contributed by atoms with Crippen LogP contribution in [0.4, 0.5) is 5.82 Å². The molecule has 3 aromatic heterocycles. The topological polar surface area (TPSA) is 94.0 Å². The summed E-state index contributed by atoms with van der Waals surface area (Å²) < 4.78 is 28.0. The van der Waals surface area contributed by atoms with E-state index in [0.29, 0.717) is 16.6 Å². The molecule has 27 heavy (non-hydrogen) atoms. The third kappa shape index (κ3) is 3.44. The number of anilines is 1. The van der Waals surface area contributed by atoms with Crippen LogP contribution in [0.2, 0.25) is 0 Å². The van der Waals surface area contributed by atoms with Gasteiger partial charge in [-0.15, -0.1) is 0 Å². The lowest BCUT2D eigenvalue weighted by Gasteiger charge is -2.20. The zero-order valence-electron chi connectivity index (χ0n) is 15.9. The van der Waals surface area contributed by atoms with Crippen LogP contribution in [0.15, 0.2) is 41.5 Å². The molecule has 144 valence electrons. The third-order valence-electron chi connectivity index (χ3n) is 4.34. The summed E-state index contributed by atoms with van der Waals surface area (Å²) in [5.74, 6) is 0.233. The van der Waals surface area contributed by atoms with Crippen molar-refractivity contribution in [3.05, 3.63) is 52.6 Å². The van der Waals surface area contributed by atoms with E-state index in [0.717, 1.165) is 11.1 Å². The van der Waals surface area contributed by atoms with Gasteiger partial charge in [0.1, 0.15) is 11.3 Å². The van der Waals surface area contributed by atoms with Gasteiger partial charge in [0.15, 0.2) is 0 Å². The van der Waals surface area contributed by atoms with E-state index in [4.69, 9.17) is 0 Å². The van der Waals surface area contributed by atoms with Gasteiger partial charge in [-0.2, -0.15) is 0 Å². The Morgan fingerprint density at radius 2 is 1.89 bits per heavy atom. The first-order chi connectivity index (χ1) is 12.5. The highest BCUT2D eigenvalue weighted by Crippen LogP contribution is 2.29. The number of pyridine rings is 3. The van der Waals surface area contributed by atoms with E-state index in [9.17, 15) is 13.2 Å². The van der Waals surface area contributed by atoms with Gasteiger partial charge >= 0.3 is 0 Å². The van der Waals surface area contributed by atoms with Crippen molar-refractivity contribution in [1.82, 2.24) is 14.5 Å². The van der Waals surface area contributed by atoms with Crippen molar-refractivity contribution in [2.24, 2.45) is 7.05 Å². The van der Waals surface area contributed by atoms with Gasteiger partial charge in [0, 0.05) is 31.8 Å². The van der Waals surface area contributed by atoms with E-state index >= 15 is 0 Å². The number of rotatable bonds is 3. The molecule has 0 saturated carbocycles. The molecule has 0 radical (unpaired) electrons. The minimum Gasteiger partial charge on any atom is -0.316 e. The van der Waals surface area contributed by atoms with E-state index in [1.54, 1.807) is 58.4 Å². The Balaban J connectivity index is 0.00000280. The van der Waals surface area contributed by atoms with Crippen LogP contribution in [0, 0.1) is 6.92 Å². The van der Waals surface area contributed by atoms with Crippen molar-refractivity contribution < 1.29 is 9.84 Å². The van der Waals surface area contributed by atoms with Crippen LogP contribution >= 0.6 is 0 Å². The van der Waals surface area contributed by atoms with Crippen LogP contribution in [0.25, 0.3) is 22.2 Å². The zero-order chi connectivity index (χ0) is 20.0. The summed E-state index contributed by atoms with van der Waals surface area (Å²) in [6.07, 6.45) is 3.27. The Morgan fingerprint density at radius 1 is 1.19 bits per heavy atom. The minimum atomic E-state index is -3.60. The second-order valence-electron chi connectivity index (χ2n) is 7.44. The van der Waals surface area contributed by atoms with Gasteiger partial charge < -0.3 is 4.57 Å². The minimum absolute atomic E-state index is 0. The van der Waals surface area contributed by atoms with Gasteiger partial charge in [-0.25, -0.2) is 13.4 Å². The maximum atomic E-state index is 12.5. The van der Waals surface area contributed by atoms with E-state index in [-0.39, 0.29) is 12.8 Å². The standard InChI is InChI=1S/C19H22N4O3S.H2/c1-12-8-9-15(22-27(25,26)19(2,3)4)21-16(12)14-11-23(5)18(24)17-13(14)7-6-10-20-17;/h6-11H,1-5H3,(H,21,22);1H. The van der Waals surface area contributed by atoms with Crippen LogP contribution in [-0.2, 0) is 17.1 Å². The lowest BCUT2D eigenvalue weighted by Crippen LogP contribution is -2.34. The maximum absolute atomic E-state index is 12.5. The molecule has 0 saturated heterocycles. The van der Waals surface area contributed by atoms with Crippen LogP contribution in [0.1, 0.15) is 27.8 Å². The normalized spacial score (nSPS) is 12.3. The number of aryl methyl sites for hydroxylation is 2. The van der Waals surface area contributed by atoms with Crippen LogP contribution in [-0.4, -0.2) is 27.7 Å². The maximum Gasteiger partial charge on any atom is 0.276 e. The predicted octanol–water partition coefficient (Wildman–Crippen LogP) is 3.09. The van der Waals surface area contributed by atoms with E-state index < -0.39 is 14.8 Å². The highest BCUT2D eigenvalue weighted by atomic mass is 32.2. The number of hydrogen-bond acceptors (Lipinski definition) is 5. The highest BCUT2D eigenvalue weighted by Gasteiger charge is 2.29. The van der Waals surface area contributed by atoms with Crippen molar-refractivity contribution in [1.29, 1.82) is 0 Å². The molecule has 0 aliphatic heterocycles. The lowest BCUT2D eigenvalue weighted by atomic mass is 10.0. The second-order valence-corrected chi connectivity index (χ2v) is 9.87. The SMILES string of the molecule is Cc1ccc(NS(=O)(=O)C(C)(C)C)nc1-c1cn(C)c(=O)c2ncccc12.[HH]. The average molecular weight is 388 g/mol. The van der Waals surface area contributed by atoms with Gasteiger partial charge in [0.05, 0.1) is 10.4 Å². The molecule has 3 rings (SSSR count). The number of sulfonamides is 1. The van der Waals surface area contributed by atoms with Crippen LogP contribution in [0.3, 0.4) is 0 Å². The number of hydrogen-bond donors (Lipinski definition) is 1. The van der Waals surface area contributed by atoms with E-state index in [1.165, 1.54) is 4.57 Å². The molecule has 0 amide bonds. The number of aromatic nitrogens is 3. The number of nitrogens with zero attached hydrogens (tertiary/aromatic N) is 3. The van der Waals surface area contributed by atoms with Gasteiger partial charge in [-0.3, -0.25) is 14.5 Å². The van der Waals surface area contributed by atoms with Crippen molar-refractivity contribution in [3.8, 4) is 11.3 Å². The molecule has 0 aliphatic rings. The summed E-state index contributed by atoms with van der Waals surface area (Å²) in [5.41, 5.74) is 2.32. The number of nitrogens with one attached hydrogen (secondary N) is 1. The van der Waals surface area contributed by atoms with E-state index in [2.05, 4.69) is 14.7 Å². The molecule has 0 aromatic carbocycles. The fraction of sp³-hybridized carbons (Fsp3) is 0.316. The highest BCUT2D eigenvalue weighted by molar-refractivity contribution is 7.94. The molecule has 0 spiro atoms. The first kappa shape index (κ1) is 19.0. The van der Waals surface area contributed by atoms with Crippen molar-refractivity contribution in [3.63, 3.8) is 0 Å². The van der Waals surface area contributed by atoms with Gasteiger partial charge in [0.25, 0.3) is 5.56 Å². The molecular formula is C19H24N4O3S. The van der Waals surface area contributed by atoms with Crippen molar-refractivity contribution >= 4 is 26.7 Å². The predicted molar refractivity (Wildman–Crippen MR) is 109 cm³/mol. The van der Waals surface area contributed by atoms with Gasteiger partial charge in [-0.1, -0.05) is 12.1 Å². The van der Waals surface area contributed by atoms with Crippen molar-refractivity contribution in [2.45, 2.75) is 32.4 Å². The monoisotopic (exact) mass is 388 g/mol. The summed E-state index contributed by atoms with van der Waals surface area (Å²) in [6, 6.07) is 7.00. The Bertz CT molecular complexity index is 1200. The molecule has 8 heteroatoms. The average Bonchev–Trinajstić information content (AvgIpc) is 2.59. The van der Waals surface area contributed by atoms with Crippen LogP contribution in [0.5, 0.6) is 0 Å². The summed E-state index contributed by atoms with van der Waals surface area (Å²) >= 11 is 0.